The van der Waals surface area contributed by atoms with E-state index in [1.165, 1.54) is 0 Å². The molecule has 0 bridgehead atoms. The van der Waals surface area contributed by atoms with Gasteiger partial charge in [-0.25, -0.2) is 4.79 Å². The zero-order valence-corrected chi connectivity index (χ0v) is 8.91. The van der Waals surface area contributed by atoms with Gasteiger partial charge in [-0.05, 0) is 25.1 Å². The van der Waals surface area contributed by atoms with Crippen LogP contribution in [0.3, 0.4) is 0 Å². The fourth-order valence-corrected chi connectivity index (χ4v) is 1.10. The summed E-state index contributed by atoms with van der Waals surface area (Å²) in [5.41, 5.74) is 0.566. The number of nitrogens with one attached hydrogen (secondary N) is 1. The Morgan fingerprint density at radius 2 is 2.40 bits per heavy atom. The quantitative estimate of drug-likeness (QED) is 0.783. The molecule has 3 nitrogen and oxygen atoms in total. The molecule has 1 N–H and O–H groups in total. The van der Waals surface area contributed by atoms with E-state index in [1.807, 2.05) is 0 Å². The highest BCUT2D eigenvalue weighted by molar-refractivity contribution is 6.30. The number of halogens is 1. The van der Waals surface area contributed by atoms with E-state index in [4.69, 9.17) is 22.8 Å². The summed E-state index contributed by atoms with van der Waals surface area (Å²) in [4.78, 5) is 11.2. The van der Waals surface area contributed by atoms with Gasteiger partial charge in [0.25, 0.3) is 0 Å². The van der Waals surface area contributed by atoms with Crippen LogP contribution in [0.15, 0.2) is 24.3 Å². The standard InChI is InChI=1S/C11H10ClNO2/c1-3-8(2)15-11(14)13-10-6-4-5-9(12)7-10/h1,4-8H,2H3,(H,13,14)/t8-/m1/s1. The number of hydrogen-bond acceptors (Lipinski definition) is 2. The monoisotopic (exact) mass is 223 g/mol. The van der Waals surface area contributed by atoms with E-state index in [0.717, 1.165) is 0 Å². The van der Waals surface area contributed by atoms with E-state index < -0.39 is 12.2 Å². The van der Waals surface area contributed by atoms with Gasteiger partial charge in [0.2, 0.25) is 0 Å². The molecule has 0 aromatic heterocycles. The molecule has 0 fully saturated rings. The van der Waals surface area contributed by atoms with Crippen LogP contribution in [0.5, 0.6) is 0 Å². The van der Waals surface area contributed by atoms with Gasteiger partial charge >= 0.3 is 6.09 Å². The number of carbonyl (C=O) groups is 1. The maximum Gasteiger partial charge on any atom is 0.412 e. The van der Waals surface area contributed by atoms with Gasteiger partial charge in [0, 0.05) is 10.7 Å². The number of benzene rings is 1. The normalized spacial score (nSPS) is 11.3. The third kappa shape index (κ3) is 3.92. The molecule has 1 amide bonds. The van der Waals surface area contributed by atoms with Crippen LogP contribution in [-0.4, -0.2) is 12.2 Å². The van der Waals surface area contributed by atoms with E-state index in [-0.39, 0.29) is 0 Å². The highest BCUT2D eigenvalue weighted by Gasteiger charge is 2.06. The zero-order chi connectivity index (χ0) is 11.3. The SMILES string of the molecule is C#C[C@@H](C)OC(=O)Nc1cccc(Cl)c1. The second kappa shape index (κ2) is 5.28. The predicted molar refractivity (Wildman–Crippen MR) is 59.9 cm³/mol. The molecule has 0 saturated carbocycles. The third-order valence-electron chi connectivity index (χ3n) is 1.59. The van der Waals surface area contributed by atoms with Crippen molar-refractivity contribution in [3.05, 3.63) is 29.3 Å². The molecule has 0 spiro atoms. The minimum absolute atomic E-state index is 0.540. The first-order valence-electron chi connectivity index (χ1n) is 4.31. The van der Waals surface area contributed by atoms with Crippen LogP contribution >= 0.6 is 11.6 Å². The molecular weight excluding hydrogens is 214 g/mol. The Morgan fingerprint density at radius 1 is 1.67 bits per heavy atom. The van der Waals surface area contributed by atoms with Crippen molar-refractivity contribution < 1.29 is 9.53 Å². The van der Waals surface area contributed by atoms with Crippen LogP contribution in [0.1, 0.15) is 6.92 Å². The Morgan fingerprint density at radius 3 is 3.00 bits per heavy atom. The Labute approximate surface area is 93.4 Å². The number of rotatable bonds is 2. The lowest BCUT2D eigenvalue weighted by Crippen LogP contribution is -2.18. The molecule has 15 heavy (non-hydrogen) atoms. The molecule has 1 atom stereocenters. The lowest BCUT2D eigenvalue weighted by atomic mass is 10.3. The van der Waals surface area contributed by atoms with Gasteiger partial charge in [-0.2, -0.15) is 0 Å². The predicted octanol–water partition coefficient (Wildman–Crippen LogP) is 2.91. The molecule has 0 aliphatic rings. The topological polar surface area (TPSA) is 38.3 Å². The first-order valence-corrected chi connectivity index (χ1v) is 4.69. The van der Waals surface area contributed by atoms with Crippen LogP contribution in [0.2, 0.25) is 5.02 Å². The highest BCUT2D eigenvalue weighted by atomic mass is 35.5. The van der Waals surface area contributed by atoms with Crippen LogP contribution in [0.4, 0.5) is 10.5 Å². The summed E-state index contributed by atoms with van der Waals surface area (Å²) in [6.07, 6.45) is 3.92. The van der Waals surface area contributed by atoms with E-state index >= 15 is 0 Å². The fourth-order valence-electron chi connectivity index (χ4n) is 0.908. The molecule has 0 radical (unpaired) electrons. The summed E-state index contributed by atoms with van der Waals surface area (Å²) >= 11 is 5.74. The molecular formula is C11H10ClNO2. The Hall–Kier alpha value is -1.66. The van der Waals surface area contributed by atoms with Crippen molar-refractivity contribution in [1.82, 2.24) is 0 Å². The number of amides is 1. The highest BCUT2D eigenvalue weighted by Crippen LogP contribution is 2.15. The molecule has 1 rings (SSSR count). The largest absolute Gasteiger partial charge is 0.433 e. The van der Waals surface area contributed by atoms with Crippen LogP contribution in [0.25, 0.3) is 0 Å². The van der Waals surface area contributed by atoms with Gasteiger partial charge in [0.15, 0.2) is 6.10 Å². The molecule has 0 unspecified atom stereocenters. The summed E-state index contributed by atoms with van der Waals surface area (Å²) in [7, 11) is 0. The molecule has 4 heteroatoms. The van der Waals surface area contributed by atoms with Gasteiger partial charge in [-0.15, -0.1) is 6.42 Å². The van der Waals surface area contributed by atoms with Crippen molar-refractivity contribution in [3.63, 3.8) is 0 Å². The molecule has 78 valence electrons. The Bertz CT molecular complexity index is 398. The van der Waals surface area contributed by atoms with Crippen molar-refractivity contribution in [2.24, 2.45) is 0 Å². The minimum Gasteiger partial charge on any atom is -0.433 e. The first kappa shape index (κ1) is 11.4. The molecule has 0 aliphatic carbocycles. The number of terminal acetylenes is 1. The van der Waals surface area contributed by atoms with Crippen LogP contribution in [-0.2, 0) is 4.74 Å². The summed E-state index contributed by atoms with van der Waals surface area (Å²) in [6.45, 7) is 1.61. The van der Waals surface area contributed by atoms with E-state index in [9.17, 15) is 4.79 Å². The average Bonchev–Trinajstić information content (AvgIpc) is 2.17. The number of anilines is 1. The van der Waals surface area contributed by atoms with Gasteiger partial charge in [-0.3, -0.25) is 5.32 Å². The molecule has 0 aliphatic heterocycles. The van der Waals surface area contributed by atoms with E-state index in [1.54, 1.807) is 31.2 Å². The maximum atomic E-state index is 11.2. The van der Waals surface area contributed by atoms with Gasteiger partial charge in [0.1, 0.15) is 0 Å². The maximum absolute atomic E-state index is 11.2. The molecule has 0 saturated heterocycles. The van der Waals surface area contributed by atoms with Crippen LogP contribution < -0.4 is 5.32 Å². The fraction of sp³-hybridized carbons (Fsp3) is 0.182. The van der Waals surface area contributed by atoms with Crippen molar-refractivity contribution in [3.8, 4) is 12.3 Å². The summed E-state index contributed by atoms with van der Waals surface area (Å²) in [6, 6.07) is 6.75. The Kier molecular flexibility index (Phi) is 4.02. The van der Waals surface area contributed by atoms with Crippen molar-refractivity contribution in [2.45, 2.75) is 13.0 Å². The molecule has 1 aromatic rings. The number of hydrogen-bond donors (Lipinski definition) is 1. The summed E-state index contributed by atoms with van der Waals surface area (Å²) in [5, 5.41) is 3.05. The summed E-state index contributed by atoms with van der Waals surface area (Å²) in [5.74, 6) is 2.28. The van der Waals surface area contributed by atoms with Gasteiger partial charge in [-0.1, -0.05) is 23.6 Å². The minimum atomic E-state index is -0.595. The average molecular weight is 224 g/mol. The third-order valence-corrected chi connectivity index (χ3v) is 1.82. The van der Waals surface area contributed by atoms with Crippen LogP contribution in [0, 0.1) is 12.3 Å². The molecule has 0 heterocycles. The first-order chi connectivity index (χ1) is 7.11. The Balaban J connectivity index is 2.56. The van der Waals surface area contributed by atoms with Gasteiger partial charge in [0.05, 0.1) is 0 Å². The van der Waals surface area contributed by atoms with Crippen molar-refractivity contribution >= 4 is 23.4 Å². The zero-order valence-electron chi connectivity index (χ0n) is 8.16. The number of carbonyl (C=O) groups excluding carboxylic acids is 1. The lowest BCUT2D eigenvalue weighted by molar-refractivity contribution is 0.145. The number of ether oxygens (including phenoxy) is 1. The smallest absolute Gasteiger partial charge is 0.412 e. The lowest BCUT2D eigenvalue weighted by Gasteiger charge is -2.08. The van der Waals surface area contributed by atoms with Gasteiger partial charge < -0.3 is 4.74 Å². The summed E-state index contributed by atoms with van der Waals surface area (Å²) < 4.78 is 4.81. The molecule has 1 aromatic carbocycles. The van der Waals surface area contributed by atoms with Crippen molar-refractivity contribution in [1.29, 1.82) is 0 Å². The second-order valence-electron chi connectivity index (χ2n) is 2.85. The van der Waals surface area contributed by atoms with E-state index in [0.29, 0.717) is 10.7 Å². The van der Waals surface area contributed by atoms with E-state index in [2.05, 4.69) is 11.2 Å². The second-order valence-corrected chi connectivity index (χ2v) is 3.29. The van der Waals surface area contributed by atoms with Crippen molar-refractivity contribution in [2.75, 3.05) is 5.32 Å².